The number of nitrogens with zero attached hydrogens (tertiary/aromatic N) is 3. The van der Waals surface area contributed by atoms with Crippen molar-refractivity contribution in [3.8, 4) is 0 Å². The molecular formula is C32H33N3OS. The molecule has 0 aromatic heterocycles. The minimum Gasteiger partial charge on any atom is -0.363 e. The molecule has 5 heteroatoms. The van der Waals surface area contributed by atoms with Crippen LogP contribution in [0.25, 0.3) is 11.6 Å². The second-order valence-electron chi connectivity index (χ2n) is 10.2. The van der Waals surface area contributed by atoms with Gasteiger partial charge < -0.3 is 4.90 Å². The molecule has 0 aliphatic carbocycles. The summed E-state index contributed by atoms with van der Waals surface area (Å²) in [7, 11) is 0. The highest BCUT2D eigenvalue weighted by Crippen LogP contribution is 2.41. The van der Waals surface area contributed by atoms with E-state index in [1.807, 2.05) is 66.7 Å². The number of aryl methyl sites for hydroxylation is 1. The number of thioether (sulfide) groups is 1. The lowest BCUT2D eigenvalue weighted by molar-refractivity contribution is -0.122. The van der Waals surface area contributed by atoms with Gasteiger partial charge in [-0.05, 0) is 99.0 Å². The summed E-state index contributed by atoms with van der Waals surface area (Å²) in [5, 5.41) is 0.705. The van der Waals surface area contributed by atoms with Crippen LogP contribution in [0.2, 0.25) is 0 Å². The van der Waals surface area contributed by atoms with Crippen molar-refractivity contribution in [1.29, 1.82) is 0 Å². The van der Waals surface area contributed by atoms with Gasteiger partial charge in [0.15, 0.2) is 5.17 Å². The van der Waals surface area contributed by atoms with E-state index in [0.29, 0.717) is 16.6 Å². The molecule has 0 unspecified atom stereocenters. The lowest BCUT2D eigenvalue weighted by Gasteiger charge is -2.43. The fraction of sp³-hybridized carbons (Fsp3) is 0.250. The van der Waals surface area contributed by atoms with Crippen LogP contribution < -0.4 is 4.90 Å². The van der Waals surface area contributed by atoms with Crippen LogP contribution in [0.3, 0.4) is 0 Å². The molecule has 0 bridgehead atoms. The van der Waals surface area contributed by atoms with E-state index in [4.69, 9.17) is 4.99 Å². The number of rotatable bonds is 5. The maximum atomic E-state index is 13.7. The number of anilines is 1. The van der Waals surface area contributed by atoms with E-state index in [1.54, 1.807) is 4.90 Å². The molecule has 1 amide bonds. The standard InChI is InChI=1S/C32H33N3OS/c1-6-35-28-17-22(2)25(18-27(28)23(3)20-32(35,4)5)19-29-30(36)34(21-24-13-9-7-10-14-24)31(37-29)33-26-15-11-8-12-16-26/h7-20H,6,21H2,1-5H3/b29-19+,33-31?. The van der Waals surface area contributed by atoms with Gasteiger partial charge in [0.05, 0.1) is 22.7 Å². The Kier molecular flexibility index (Phi) is 6.82. The van der Waals surface area contributed by atoms with Crippen molar-refractivity contribution in [3.05, 3.63) is 106 Å². The minimum absolute atomic E-state index is 0.00997. The largest absolute Gasteiger partial charge is 0.363 e. The van der Waals surface area contributed by atoms with Crippen molar-refractivity contribution in [2.24, 2.45) is 4.99 Å². The highest BCUT2D eigenvalue weighted by Gasteiger charge is 2.34. The summed E-state index contributed by atoms with van der Waals surface area (Å²) in [5.41, 5.74) is 7.87. The Morgan fingerprint density at radius 1 is 0.973 bits per heavy atom. The maximum absolute atomic E-state index is 13.7. The van der Waals surface area contributed by atoms with Crippen molar-refractivity contribution >= 4 is 45.9 Å². The van der Waals surface area contributed by atoms with Crippen LogP contribution in [0.1, 0.15) is 49.9 Å². The summed E-state index contributed by atoms with van der Waals surface area (Å²) in [4.78, 5) is 23.5. The second kappa shape index (κ2) is 10.1. The number of fused-ring (bicyclic) bond motifs is 1. The van der Waals surface area contributed by atoms with Crippen LogP contribution in [0, 0.1) is 6.92 Å². The average molecular weight is 508 g/mol. The summed E-state index contributed by atoms with van der Waals surface area (Å²) >= 11 is 1.45. The molecule has 2 aliphatic rings. The molecule has 3 aromatic rings. The SMILES string of the molecule is CCN1c2cc(C)c(/C=C3/SC(=Nc4ccccc4)N(Cc4ccccc4)C3=O)cc2C(C)=CC1(C)C. The zero-order valence-corrected chi connectivity index (χ0v) is 23.0. The molecule has 1 fully saturated rings. The lowest BCUT2D eigenvalue weighted by Crippen LogP contribution is -2.44. The summed E-state index contributed by atoms with van der Waals surface area (Å²) < 4.78 is 0. The van der Waals surface area contributed by atoms with Gasteiger partial charge in [0.25, 0.3) is 5.91 Å². The molecule has 0 spiro atoms. The normalized spacial score (nSPS) is 18.9. The maximum Gasteiger partial charge on any atom is 0.267 e. The van der Waals surface area contributed by atoms with Gasteiger partial charge in [0.1, 0.15) is 0 Å². The molecule has 3 aromatic carbocycles. The molecule has 37 heavy (non-hydrogen) atoms. The number of carbonyl (C=O) groups excluding carboxylic acids is 1. The van der Waals surface area contributed by atoms with E-state index in [9.17, 15) is 4.79 Å². The minimum atomic E-state index is -0.0315. The third kappa shape index (κ3) is 5.01. The predicted molar refractivity (Wildman–Crippen MR) is 158 cm³/mol. The second-order valence-corrected chi connectivity index (χ2v) is 11.2. The predicted octanol–water partition coefficient (Wildman–Crippen LogP) is 7.82. The van der Waals surface area contributed by atoms with Crippen LogP contribution in [-0.4, -0.2) is 28.1 Å². The van der Waals surface area contributed by atoms with Crippen molar-refractivity contribution in [2.45, 2.75) is 46.7 Å². The summed E-state index contributed by atoms with van der Waals surface area (Å²) in [6.07, 6.45) is 4.38. The molecule has 2 aliphatic heterocycles. The van der Waals surface area contributed by atoms with Crippen LogP contribution in [0.4, 0.5) is 11.4 Å². The molecule has 0 saturated carbocycles. The number of allylic oxidation sites excluding steroid dienone is 1. The van der Waals surface area contributed by atoms with Gasteiger partial charge in [-0.15, -0.1) is 0 Å². The van der Waals surface area contributed by atoms with E-state index >= 15 is 0 Å². The van der Waals surface area contributed by atoms with E-state index < -0.39 is 0 Å². The molecule has 4 nitrogen and oxygen atoms in total. The van der Waals surface area contributed by atoms with Crippen LogP contribution in [0.5, 0.6) is 0 Å². The van der Waals surface area contributed by atoms with Crippen molar-refractivity contribution < 1.29 is 4.79 Å². The van der Waals surface area contributed by atoms with Gasteiger partial charge in [-0.3, -0.25) is 9.69 Å². The first-order chi connectivity index (χ1) is 17.8. The molecule has 1 saturated heterocycles. The van der Waals surface area contributed by atoms with E-state index in [0.717, 1.165) is 28.9 Å². The van der Waals surface area contributed by atoms with Crippen LogP contribution in [-0.2, 0) is 11.3 Å². The van der Waals surface area contributed by atoms with E-state index in [1.165, 1.54) is 28.6 Å². The molecule has 0 radical (unpaired) electrons. The first kappa shape index (κ1) is 25.1. The number of para-hydroxylation sites is 1. The fourth-order valence-corrected chi connectivity index (χ4v) is 6.22. The van der Waals surface area contributed by atoms with Gasteiger partial charge in [-0.1, -0.05) is 54.6 Å². The Morgan fingerprint density at radius 2 is 1.65 bits per heavy atom. The zero-order chi connectivity index (χ0) is 26.2. The number of carbonyl (C=O) groups is 1. The van der Waals surface area contributed by atoms with Crippen molar-refractivity contribution in [1.82, 2.24) is 4.90 Å². The van der Waals surface area contributed by atoms with Gasteiger partial charge in [-0.25, -0.2) is 4.99 Å². The number of amides is 1. The molecule has 0 N–H and O–H groups in total. The van der Waals surface area contributed by atoms with E-state index in [2.05, 4.69) is 57.7 Å². The van der Waals surface area contributed by atoms with Crippen LogP contribution in [0.15, 0.2) is 88.8 Å². The third-order valence-electron chi connectivity index (χ3n) is 7.02. The fourth-order valence-electron chi connectivity index (χ4n) is 5.23. The molecule has 188 valence electrons. The highest BCUT2D eigenvalue weighted by atomic mass is 32.2. The van der Waals surface area contributed by atoms with Gasteiger partial charge in [-0.2, -0.15) is 0 Å². The Morgan fingerprint density at radius 3 is 2.32 bits per heavy atom. The number of benzene rings is 3. The monoisotopic (exact) mass is 507 g/mol. The summed E-state index contributed by atoms with van der Waals surface area (Å²) in [6.45, 7) is 12.5. The van der Waals surface area contributed by atoms with Crippen molar-refractivity contribution in [2.75, 3.05) is 11.4 Å². The lowest BCUT2D eigenvalue weighted by atomic mass is 9.87. The average Bonchev–Trinajstić information content (AvgIpc) is 3.15. The van der Waals surface area contributed by atoms with Crippen LogP contribution >= 0.6 is 11.8 Å². The molecule has 2 heterocycles. The number of likely N-dealkylation sites (N-methyl/N-ethyl adjacent to an activating group) is 1. The first-order valence-corrected chi connectivity index (χ1v) is 13.6. The van der Waals surface area contributed by atoms with Crippen molar-refractivity contribution in [3.63, 3.8) is 0 Å². The number of hydrogen-bond acceptors (Lipinski definition) is 4. The van der Waals surface area contributed by atoms with Gasteiger partial charge in [0.2, 0.25) is 0 Å². The first-order valence-electron chi connectivity index (χ1n) is 12.8. The number of hydrogen-bond donors (Lipinski definition) is 0. The third-order valence-corrected chi connectivity index (χ3v) is 8.03. The Balaban J connectivity index is 1.55. The molecule has 0 atom stereocenters. The quantitative estimate of drug-likeness (QED) is 0.330. The summed E-state index contributed by atoms with van der Waals surface area (Å²) in [5.74, 6) is -0.00997. The molecule has 5 rings (SSSR count). The highest BCUT2D eigenvalue weighted by molar-refractivity contribution is 8.18. The number of amidine groups is 1. The Labute approximate surface area is 224 Å². The van der Waals surface area contributed by atoms with Gasteiger partial charge in [0, 0.05) is 17.8 Å². The Hall–Kier alpha value is -3.57. The Bertz CT molecular complexity index is 1420. The zero-order valence-electron chi connectivity index (χ0n) is 22.2. The topological polar surface area (TPSA) is 35.9 Å². The summed E-state index contributed by atoms with van der Waals surface area (Å²) in [6, 6.07) is 24.4. The van der Waals surface area contributed by atoms with E-state index in [-0.39, 0.29) is 11.4 Å². The molecular weight excluding hydrogens is 474 g/mol. The smallest absolute Gasteiger partial charge is 0.267 e. The van der Waals surface area contributed by atoms with Gasteiger partial charge >= 0.3 is 0 Å². The number of aliphatic imine (C=N–C) groups is 1.